The highest BCUT2D eigenvalue weighted by molar-refractivity contribution is 5.85. The van der Waals surface area contributed by atoms with Crippen molar-refractivity contribution in [2.45, 2.75) is 44.7 Å². The van der Waals surface area contributed by atoms with Gasteiger partial charge < -0.3 is 5.73 Å². The fourth-order valence-electron chi connectivity index (χ4n) is 3.19. The molecule has 112 valence electrons. The molecule has 0 spiro atoms. The zero-order valence-electron chi connectivity index (χ0n) is 12.8. The quantitative estimate of drug-likeness (QED) is 0.845. The molecule has 1 aliphatic carbocycles. The van der Waals surface area contributed by atoms with Crippen molar-refractivity contribution in [2.24, 2.45) is 5.73 Å². The Hall–Kier alpha value is -1.45. The maximum atomic E-state index is 6.16. The van der Waals surface area contributed by atoms with Gasteiger partial charge in [0.15, 0.2) is 0 Å². The summed E-state index contributed by atoms with van der Waals surface area (Å²) in [6.45, 7) is 4.06. The Labute approximate surface area is 127 Å². The van der Waals surface area contributed by atoms with Gasteiger partial charge in [0.05, 0.1) is 0 Å². The van der Waals surface area contributed by atoms with Gasteiger partial charge in [-0.05, 0) is 36.8 Å². The van der Waals surface area contributed by atoms with Crippen molar-refractivity contribution in [1.82, 2.24) is 9.88 Å². The first-order valence-corrected chi connectivity index (χ1v) is 8.13. The third-order valence-corrected chi connectivity index (χ3v) is 4.47. The Bertz CT molecular complexity index is 587. The van der Waals surface area contributed by atoms with Gasteiger partial charge >= 0.3 is 0 Å². The van der Waals surface area contributed by atoms with Crippen LogP contribution in [0.2, 0.25) is 0 Å². The van der Waals surface area contributed by atoms with E-state index in [0.717, 1.165) is 12.6 Å². The van der Waals surface area contributed by atoms with Crippen LogP contribution >= 0.6 is 0 Å². The fraction of sp³-hybridized carbons (Fsp3) is 0.500. The second kappa shape index (κ2) is 6.54. The third-order valence-electron chi connectivity index (χ3n) is 4.47. The summed E-state index contributed by atoms with van der Waals surface area (Å²) in [7, 11) is 0. The smallest absolute Gasteiger partial charge is 0.0494 e. The number of aromatic nitrogens is 1. The third kappa shape index (κ3) is 3.09. The minimum atomic E-state index is 0.294. The van der Waals surface area contributed by atoms with Crippen LogP contribution in [0, 0.1) is 0 Å². The van der Waals surface area contributed by atoms with Crippen molar-refractivity contribution in [2.75, 3.05) is 13.1 Å². The van der Waals surface area contributed by atoms with Gasteiger partial charge in [0.1, 0.15) is 0 Å². The highest BCUT2D eigenvalue weighted by atomic mass is 15.2. The minimum Gasteiger partial charge on any atom is -0.329 e. The van der Waals surface area contributed by atoms with Crippen molar-refractivity contribution in [1.29, 1.82) is 0 Å². The Balaban J connectivity index is 1.96. The van der Waals surface area contributed by atoms with E-state index in [1.165, 1.54) is 42.0 Å². The van der Waals surface area contributed by atoms with Crippen LogP contribution in [0.5, 0.6) is 0 Å². The minimum absolute atomic E-state index is 0.294. The van der Waals surface area contributed by atoms with Crippen LogP contribution < -0.4 is 5.73 Å². The van der Waals surface area contributed by atoms with E-state index in [4.69, 9.17) is 5.73 Å². The largest absolute Gasteiger partial charge is 0.329 e. The maximum absolute atomic E-state index is 6.16. The summed E-state index contributed by atoms with van der Waals surface area (Å²) in [6, 6.07) is 9.52. The van der Waals surface area contributed by atoms with Gasteiger partial charge in [-0.25, -0.2) is 0 Å². The molecule has 3 rings (SSSR count). The summed E-state index contributed by atoms with van der Waals surface area (Å²) in [6.07, 6.45) is 9.07. The summed E-state index contributed by atoms with van der Waals surface area (Å²) >= 11 is 0. The highest BCUT2D eigenvalue weighted by Crippen LogP contribution is 2.36. The van der Waals surface area contributed by atoms with Crippen LogP contribution in [-0.2, 0) is 0 Å². The second-order valence-corrected chi connectivity index (χ2v) is 6.02. The number of nitrogens with zero attached hydrogens (tertiary/aromatic N) is 2. The van der Waals surface area contributed by atoms with Crippen LogP contribution in [0.1, 0.15) is 44.2 Å². The molecule has 0 aliphatic heterocycles. The molecule has 1 fully saturated rings. The normalized spacial score (nSPS) is 16.5. The SMILES string of the molecule is CCCCN(C1CC1)C(CN)c1cncc2ccccc12. The van der Waals surface area contributed by atoms with Crippen molar-refractivity contribution in [3.05, 3.63) is 42.2 Å². The van der Waals surface area contributed by atoms with Crippen molar-refractivity contribution < 1.29 is 0 Å². The van der Waals surface area contributed by atoms with E-state index >= 15 is 0 Å². The Morgan fingerprint density at radius 1 is 1.29 bits per heavy atom. The molecule has 0 amide bonds. The molecule has 2 aromatic rings. The molecular formula is C18H25N3. The lowest BCUT2D eigenvalue weighted by Gasteiger charge is -2.32. The van der Waals surface area contributed by atoms with Gasteiger partial charge in [-0.3, -0.25) is 9.88 Å². The number of nitrogens with two attached hydrogens (primary N) is 1. The molecule has 1 aromatic heterocycles. The molecule has 21 heavy (non-hydrogen) atoms. The number of rotatable bonds is 7. The molecule has 3 heteroatoms. The van der Waals surface area contributed by atoms with Crippen molar-refractivity contribution in [3.8, 4) is 0 Å². The molecule has 1 aromatic carbocycles. The van der Waals surface area contributed by atoms with Gasteiger partial charge in [0.2, 0.25) is 0 Å². The van der Waals surface area contributed by atoms with E-state index in [1.807, 2.05) is 12.4 Å². The van der Waals surface area contributed by atoms with Gasteiger partial charge in [0.25, 0.3) is 0 Å². The molecule has 2 N–H and O–H groups in total. The van der Waals surface area contributed by atoms with E-state index in [9.17, 15) is 0 Å². The number of unbranched alkanes of at least 4 members (excludes halogenated alkanes) is 1. The molecule has 1 aliphatic rings. The van der Waals surface area contributed by atoms with E-state index in [-0.39, 0.29) is 0 Å². The lowest BCUT2D eigenvalue weighted by molar-refractivity contribution is 0.189. The molecule has 1 atom stereocenters. The van der Waals surface area contributed by atoms with Gasteiger partial charge in [0, 0.05) is 36.4 Å². The summed E-state index contributed by atoms with van der Waals surface area (Å²) in [5.41, 5.74) is 7.45. The van der Waals surface area contributed by atoms with E-state index in [2.05, 4.69) is 41.1 Å². The first-order chi connectivity index (χ1) is 10.3. The van der Waals surface area contributed by atoms with Crippen LogP contribution in [0.3, 0.4) is 0 Å². The lowest BCUT2D eigenvalue weighted by atomic mass is 10.00. The van der Waals surface area contributed by atoms with Crippen LogP contribution in [0.4, 0.5) is 0 Å². The van der Waals surface area contributed by atoms with E-state index in [1.54, 1.807) is 0 Å². The van der Waals surface area contributed by atoms with Crippen molar-refractivity contribution >= 4 is 10.8 Å². The van der Waals surface area contributed by atoms with Gasteiger partial charge in [-0.2, -0.15) is 0 Å². The fourth-order valence-corrected chi connectivity index (χ4v) is 3.19. The van der Waals surface area contributed by atoms with Crippen LogP contribution in [0.25, 0.3) is 10.8 Å². The molecule has 1 unspecified atom stereocenters. The summed E-state index contributed by atoms with van der Waals surface area (Å²) in [4.78, 5) is 7.06. The van der Waals surface area contributed by atoms with Crippen LogP contribution in [-0.4, -0.2) is 29.0 Å². The zero-order valence-corrected chi connectivity index (χ0v) is 12.8. The predicted molar refractivity (Wildman–Crippen MR) is 88.2 cm³/mol. The first kappa shape index (κ1) is 14.5. The molecular weight excluding hydrogens is 258 g/mol. The number of fused-ring (bicyclic) bond motifs is 1. The van der Waals surface area contributed by atoms with E-state index in [0.29, 0.717) is 12.6 Å². The number of benzene rings is 1. The van der Waals surface area contributed by atoms with Crippen LogP contribution in [0.15, 0.2) is 36.7 Å². The molecule has 0 saturated heterocycles. The monoisotopic (exact) mass is 283 g/mol. The molecule has 1 heterocycles. The average Bonchev–Trinajstić information content (AvgIpc) is 3.36. The van der Waals surface area contributed by atoms with Crippen molar-refractivity contribution in [3.63, 3.8) is 0 Å². The Morgan fingerprint density at radius 3 is 2.81 bits per heavy atom. The Morgan fingerprint density at radius 2 is 2.10 bits per heavy atom. The molecule has 0 bridgehead atoms. The highest BCUT2D eigenvalue weighted by Gasteiger charge is 2.34. The number of hydrogen-bond donors (Lipinski definition) is 1. The standard InChI is InChI=1S/C18H25N3/c1-2-3-10-21(15-8-9-15)18(11-19)17-13-20-12-14-6-4-5-7-16(14)17/h4-7,12-13,15,18H,2-3,8-11,19H2,1H3. The summed E-state index contributed by atoms with van der Waals surface area (Å²) in [5.74, 6) is 0. The molecule has 1 saturated carbocycles. The maximum Gasteiger partial charge on any atom is 0.0494 e. The molecule has 0 radical (unpaired) electrons. The lowest BCUT2D eigenvalue weighted by Crippen LogP contribution is -2.36. The Kier molecular flexibility index (Phi) is 4.51. The molecule has 3 nitrogen and oxygen atoms in total. The topological polar surface area (TPSA) is 42.1 Å². The summed E-state index contributed by atoms with van der Waals surface area (Å²) < 4.78 is 0. The number of hydrogen-bond acceptors (Lipinski definition) is 3. The van der Waals surface area contributed by atoms with E-state index < -0.39 is 0 Å². The number of pyridine rings is 1. The van der Waals surface area contributed by atoms with Gasteiger partial charge in [-0.1, -0.05) is 37.6 Å². The van der Waals surface area contributed by atoms with Gasteiger partial charge in [-0.15, -0.1) is 0 Å². The summed E-state index contributed by atoms with van der Waals surface area (Å²) in [5, 5.41) is 2.50. The predicted octanol–water partition coefficient (Wildman–Crippen LogP) is 3.50. The first-order valence-electron chi connectivity index (χ1n) is 8.13. The average molecular weight is 283 g/mol. The zero-order chi connectivity index (χ0) is 14.7. The second-order valence-electron chi connectivity index (χ2n) is 6.02.